The van der Waals surface area contributed by atoms with E-state index in [1.165, 1.54) is 24.8 Å². The first-order valence-electron chi connectivity index (χ1n) is 5.35. The van der Waals surface area contributed by atoms with Crippen LogP contribution in [0.5, 0.6) is 0 Å². The van der Waals surface area contributed by atoms with E-state index in [1.54, 1.807) is 0 Å². The summed E-state index contributed by atoms with van der Waals surface area (Å²) >= 11 is 0. The van der Waals surface area contributed by atoms with Crippen molar-refractivity contribution in [3.63, 3.8) is 0 Å². The molecule has 1 unspecified atom stereocenters. The molecule has 0 amide bonds. The second kappa shape index (κ2) is 3.70. The molecule has 1 aliphatic rings. The van der Waals surface area contributed by atoms with Crippen LogP contribution in [-0.4, -0.2) is 4.98 Å². The van der Waals surface area contributed by atoms with Gasteiger partial charge in [-0.2, -0.15) is 0 Å². The highest BCUT2D eigenvalue weighted by molar-refractivity contribution is 5.15. The van der Waals surface area contributed by atoms with E-state index < -0.39 is 0 Å². The summed E-state index contributed by atoms with van der Waals surface area (Å²) in [5, 5.41) is 0. The minimum absolute atomic E-state index is 0.184. The zero-order valence-electron chi connectivity index (χ0n) is 8.74. The van der Waals surface area contributed by atoms with Crippen molar-refractivity contribution >= 4 is 0 Å². The third kappa shape index (κ3) is 1.95. The molecule has 1 fully saturated rings. The van der Waals surface area contributed by atoms with Gasteiger partial charge in [-0.05, 0) is 42.4 Å². The molecule has 1 aliphatic carbocycles. The summed E-state index contributed by atoms with van der Waals surface area (Å²) in [5.41, 5.74) is 7.88. The van der Waals surface area contributed by atoms with Crippen LogP contribution in [0.15, 0.2) is 24.5 Å². The van der Waals surface area contributed by atoms with Crippen LogP contribution in [-0.2, 0) is 0 Å². The maximum Gasteiger partial charge on any atom is 0.0301 e. The van der Waals surface area contributed by atoms with E-state index in [4.69, 9.17) is 5.73 Å². The van der Waals surface area contributed by atoms with Crippen molar-refractivity contribution in [3.05, 3.63) is 30.1 Å². The van der Waals surface area contributed by atoms with Crippen LogP contribution in [0.1, 0.15) is 44.2 Å². The van der Waals surface area contributed by atoms with Gasteiger partial charge in [-0.1, -0.05) is 13.3 Å². The van der Waals surface area contributed by atoms with E-state index in [9.17, 15) is 0 Å². The average Bonchev–Trinajstić information content (AvgIpc) is 2.17. The standard InChI is InChI=1S/C12H18N2/c1-12(5-2-6-12)9-11(13)10-3-7-14-8-4-10/h3-4,7-8,11H,2,5-6,9,13H2,1H3. The molecule has 0 bridgehead atoms. The highest BCUT2D eigenvalue weighted by Crippen LogP contribution is 2.45. The van der Waals surface area contributed by atoms with Gasteiger partial charge in [0, 0.05) is 18.4 Å². The van der Waals surface area contributed by atoms with Crippen LogP contribution in [0.4, 0.5) is 0 Å². The SMILES string of the molecule is CC1(CC(N)c2ccncc2)CCC1. The highest BCUT2D eigenvalue weighted by atomic mass is 14.7. The molecule has 0 aromatic carbocycles. The lowest BCUT2D eigenvalue weighted by Gasteiger charge is -2.40. The smallest absolute Gasteiger partial charge is 0.0301 e. The number of hydrogen-bond donors (Lipinski definition) is 1. The van der Waals surface area contributed by atoms with Crippen LogP contribution in [0.3, 0.4) is 0 Å². The molecule has 0 aliphatic heterocycles. The fourth-order valence-corrected chi connectivity index (χ4v) is 2.24. The minimum atomic E-state index is 0.184. The summed E-state index contributed by atoms with van der Waals surface area (Å²) in [7, 11) is 0. The summed E-state index contributed by atoms with van der Waals surface area (Å²) in [6, 6.07) is 4.22. The van der Waals surface area contributed by atoms with Gasteiger partial charge in [-0.15, -0.1) is 0 Å². The Labute approximate surface area is 85.5 Å². The second-order valence-corrected chi connectivity index (χ2v) is 4.76. The number of pyridine rings is 1. The van der Waals surface area contributed by atoms with Crippen LogP contribution in [0.25, 0.3) is 0 Å². The van der Waals surface area contributed by atoms with Crippen molar-refractivity contribution in [2.24, 2.45) is 11.1 Å². The summed E-state index contributed by atoms with van der Waals surface area (Å²) < 4.78 is 0. The third-order valence-corrected chi connectivity index (χ3v) is 3.41. The summed E-state index contributed by atoms with van der Waals surface area (Å²) in [6.45, 7) is 2.34. The maximum atomic E-state index is 6.16. The van der Waals surface area contributed by atoms with Crippen molar-refractivity contribution in [3.8, 4) is 0 Å². The first-order valence-corrected chi connectivity index (χ1v) is 5.35. The summed E-state index contributed by atoms with van der Waals surface area (Å²) in [6.07, 6.45) is 8.80. The monoisotopic (exact) mass is 190 g/mol. The summed E-state index contributed by atoms with van der Waals surface area (Å²) in [5.74, 6) is 0. The average molecular weight is 190 g/mol. The zero-order valence-corrected chi connectivity index (χ0v) is 8.74. The molecule has 2 nitrogen and oxygen atoms in total. The topological polar surface area (TPSA) is 38.9 Å². The van der Waals surface area contributed by atoms with Gasteiger partial charge in [0.05, 0.1) is 0 Å². The fraction of sp³-hybridized carbons (Fsp3) is 0.583. The van der Waals surface area contributed by atoms with Crippen molar-refractivity contribution in [1.82, 2.24) is 4.98 Å². The highest BCUT2D eigenvalue weighted by Gasteiger charge is 2.33. The lowest BCUT2D eigenvalue weighted by Crippen LogP contribution is -2.30. The molecule has 2 rings (SSSR count). The Bertz CT molecular complexity index is 290. The Balaban J connectivity index is 1.99. The Hall–Kier alpha value is -0.890. The molecule has 0 radical (unpaired) electrons. The van der Waals surface area contributed by atoms with Gasteiger partial charge >= 0.3 is 0 Å². The largest absolute Gasteiger partial charge is 0.324 e. The van der Waals surface area contributed by atoms with Gasteiger partial charge in [0.15, 0.2) is 0 Å². The number of rotatable bonds is 3. The van der Waals surface area contributed by atoms with Crippen LogP contribution >= 0.6 is 0 Å². The molecule has 1 aromatic heterocycles. The number of nitrogens with two attached hydrogens (primary N) is 1. The van der Waals surface area contributed by atoms with E-state index in [1.807, 2.05) is 24.5 Å². The molecule has 0 spiro atoms. The molecule has 2 N–H and O–H groups in total. The molecule has 1 heterocycles. The lowest BCUT2D eigenvalue weighted by atomic mass is 9.66. The van der Waals surface area contributed by atoms with Gasteiger partial charge in [0.1, 0.15) is 0 Å². The van der Waals surface area contributed by atoms with Crippen LogP contribution in [0, 0.1) is 5.41 Å². The van der Waals surface area contributed by atoms with Crippen molar-refractivity contribution in [2.45, 2.75) is 38.6 Å². The molecular weight excluding hydrogens is 172 g/mol. The predicted octanol–water partition coefficient (Wildman–Crippen LogP) is 2.66. The molecule has 1 atom stereocenters. The van der Waals surface area contributed by atoms with Gasteiger partial charge in [0.2, 0.25) is 0 Å². The lowest BCUT2D eigenvalue weighted by molar-refractivity contribution is 0.134. The Morgan fingerprint density at radius 3 is 2.57 bits per heavy atom. The van der Waals surface area contributed by atoms with Gasteiger partial charge in [-0.25, -0.2) is 0 Å². The minimum Gasteiger partial charge on any atom is -0.324 e. The van der Waals surface area contributed by atoms with E-state index in [-0.39, 0.29) is 6.04 Å². The van der Waals surface area contributed by atoms with Crippen molar-refractivity contribution in [2.75, 3.05) is 0 Å². The second-order valence-electron chi connectivity index (χ2n) is 4.76. The van der Waals surface area contributed by atoms with E-state index in [0.29, 0.717) is 5.41 Å². The molecule has 2 heteroatoms. The molecule has 0 saturated heterocycles. The Morgan fingerprint density at radius 1 is 1.43 bits per heavy atom. The first-order chi connectivity index (χ1) is 6.70. The normalized spacial score (nSPS) is 21.3. The maximum absolute atomic E-state index is 6.16. The van der Waals surface area contributed by atoms with Gasteiger partial charge in [0.25, 0.3) is 0 Å². The number of aromatic nitrogens is 1. The molecule has 76 valence electrons. The van der Waals surface area contributed by atoms with Crippen LogP contribution in [0.2, 0.25) is 0 Å². The molecule has 1 saturated carbocycles. The Morgan fingerprint density at radius 2 is 2.07 bits per heavy atom. The van der Waals surface area contributed by atoms with E-state index >= 15 is 0 Å². The zero-order chi connectivity index (χ0) is 10.0. The van der Waals surface area contributed by atoms with E-state index in [0.717, 1.165) is 6.42 Å². The van der Waals surface area contributed by atoms with Crippen molar-refractivity contribution < 1.29 is 0 Å². The summed E-state index contributed by atoms with van der Waals surface area (Å²) in [4.78, 5) is 4.00. The van der Waals surface area contributed by atoms with Gasteiger partial charge < -0.3 is 5.73 Å². The fourth-order valence-electron chi connectivity index (χ4n) is 2.24. The third-order valence-electron chi connectivity index (χ3n) is 3.41. The molecular formula is C12H18N2. The quantitative estimate of drug-likeness (QED) is 0.795. The predicted molar refractivity (Wildman–Crippen MR) is 57.7 cm³/mol. The number of hydrogen-bond acceptors (Lipinski definition) is 2. The molecule has 14 heavy (non-hydrogen) atoms. The number of nitrogens with zero attached hydrogens (tertiary/aromatic N) is 1. The van der Waals surface area contributed by atoms with Crippen LogP contribution < -0.4 is 5.73 Å². The van der Waals surface area contributed by atoms with Crippen molar-refractivity contribution in [1.29, 1.82) is 0 Å². The molecule has 1 aromatic rings. The van der Waals surface area contributed by atoms with E-state index in [2.05, 4.69) is 11.9 Å². The van der Waals surface area contributed by atoms with Gasteiger partial charge in [-0.3, -0.25) is 4.98 Å². The Kier molecular flexibility index (Phi) is 2.55. The first kappa shape index (κ1) is 9.66.